The Bertz CT molecular complexity index is 3110. The molecule has 0 N–H and O–H groups in total. The Labute approximate surface area is 333 Å². The van der Waals surface area contributed by atoms with Gasteiger partial charge in [-0.1, -0.05) is 172 Å². The predicted molar refractivity (Wildman–Crippen MR) is 241 cm³/mol. The molecule has 11 rings (SSSR count). The Morgan fingerprint density at radius 3 is 1.79 bits per heavy atom. The van der Waals surface area contributed by atoms with Crippen LogP contribution in [0.2, 0.25) is 0 Å². The van der Waals surface area contributed by atoms with Crippen LogP contribution in [-0.4, -0.2) is 4.57 Å². The zero-order chi connectivity index (χ0) is 38.1. The molecule has 0 spiro atoms. The minimum Gasteiger partial charge on any atom is -0.310 e. The first kappa shape index (κ1) is 33.2. The Kier molecular flexibility index (Phi) is 7.55. The van der Waals surface area contributed by atoms with Crippen LogP contribution in [0, 0.1) is 0 Å². The highest BCUT2D eigenvalue weighted by Crippen LogP contribution is 2.52. The van der Waals surface area contributed by atoms with Gasteiger partial charge in [0.05, 0.1) is 22.4 Å². The summed E-state index contributed by atoms with van der Waals surface area (Å²) in [4.78, 5) is 2.50. The lowest BCUT2D eigenvalue weighted by atomic mass is 9.82. The molecule has 1 aliphatic carbocycles. The summed E-state index contributed by atoms with van der Waals surface area (Å²) in [5.74, 6) is 0. The molecular formula is C55H40N2. The molecule has 1 aliphatic rings. The number of benzene rings is 9. The van der Waals surface area contributed by atoms with Crippen molar-refractivity contribution in [1.29, 1.82) is 0 Å². The summed E-state index contributed by atoms with van der Waals surface area (Å²) in [7, 11) is 0. The van der Waals surface area contributed by atoms with E-state index < -0.39 is 0 Å². The number of fused-ring (bicyclic) bond motifs is 7. The van der Waals surface area contributed by atoms with E-state index in [1.807, 2.05) is 0 Å². The topological polar surface area (TPSA) is 8.17 Å². The zero-order valence-electron chi connectivity index (χ0n) is 32.0. The van der Waals surface area contributed by atoms with Crippen LogP contribution >= 0.6 is 0 Å². The highest BCUT2D eigenvalue weighted by Gasteiger charge is 2.36. The van der Waals surface area contributed by atoms with Crippen molar-refractivity contribution < 1.29 is 0 Å². The molecule has 57 heavy (non-hydrogen) atoms. The summed E-state index contributed by atoms with van der Waals surface area (Å²) >= 11 is 0. The minimum atomic E-state index is -0.144. The van der Waals surface area contributed by atoms with E-state index in [9.17, 15) is 0 Å². The van der Waals surface area contributed by atoms with Crippen molar-refractivity contribution >= 4 is 49.6 Å². The van der Waals surface area contributed by atoms with Gasteiger partial charge in [0.1, 0.15) is 0 Å². The fraction of sp³-hybridized carbons (Fsp3) is 0.0545. The molecule has 0 saturated carbocycles. The number of nitrogens with zero attached hydrogens (tertiary/aromatic N) is 2. The third-order valence-corrected chi connectivity index (χ3v) is 12.2. The van der Waals surface area contributed by atoms with Crippen LogP contribution < -0.4 is 4.90 Å². The van der Waals surface area contributed by atoms with Gasteiger partial charge < -0.3 is 9.47 Å². The van der Waals surface area contributed by atoms with E-state index in [0.29, 0.717) is 0 Å². The number of hydrogen-bond acceptors (Lipinski definition) is 1. The fourth-order valence-corrected chi connectivity index (χ4v) is 9.51. The van der Waals surface area contributed by atoms with Gasteiger partial charge in [-0.05, 0) is 92.7 Å². The molecule has 9 aromatic carbocycles. The van der Waals surface area contributed by atoms with Crippen molar-refractivity contribution in [2.75, 3.05) is 4.90 Å². The van der Waals surface area contributed by atoms with E-state index >= 15 is 0 Å². The second-order valence-electron chi connectivity index (χ2n) is 15.7. The van der Waals surface area contributed by atoms with E-state index in [4.69, 9.17) is 0 Å². The maximum atomic E-state index is 2.50. The molecular weight excluding hydrogens is 689 g/mol. The first-order valence-corrected chi connectivity index (χ1v) is 19.9. The van der Waals surface area contributed by atoms with Crippen molar-refractivity contribution in [1.82, 2.24) is 4.57 Å². The third kappa shape index (κ3) is 5.18. The number of rotatable bonds is 6. The normalized spacial score (nSPS) is 12.9. The van der Waals surface area contributed by atoms with Crippen molar-refractivity contribution in [3.05, 3.63) is 217 Å². The van der Waals surface area contributed by atoms with Crippen LogP contribution in [0.4, 0.5) is 17.1 Å². The van der Waals surface area contributed by atoms with E-state index in [2.05, 4.69) is 230 Å². The Morgan fingerprint density at radius 2 is 1.00 bits per heavy atom. The van der Waals surface area contributed by atoms with Crippen molar-refractivity contribution in [3.63, 3.8) is 0 Å². The summed E-state index contributed by atoms with van der Waals surface area (Å²) < 4.78 is 2.46. The molecule has 0 radical (unpaired) electrons. The number of aromatic nitrogens is 1. The molecule has 0 fully saturated rings. The van der Waals surface area contributed by atoms with Crippen LogP contribution in [0.25, 0.3) is 71.6 Å². The second-order valence-corrected chi connectivity index (χ2v) is 15.7. The van der Waals surface area contributed by atoms with Gasteiger partial charge in [-0.15, -0.1) is 0 Å². The largest absolute Gasteiger partial charge is 0.310 e. The highest BCUT2D eigenvalue weighted by molar-refractivity contribution is 6.12. The number of hydrogen-bond donors (Lipinski definition) is 0. The van der Waals surface area contributed by atoms with Crippen LogP contribution in [0.3, 0.4) is 0 Å². The Hall–Kier alpha value is -7.16. The molecule has 270 valence electrons. The molecule has 10 aromatic rings. The summed E-state index contributed by atoms with van der Waals surface area (Å²) in [5, 5.41) is 4.92. The van der Waals surface area contributed by atoms with Gasteiger partial charge in [-0.3, -0.25) is 0 Å². The predicted octanol–water partition coefficient (Wildman–Crippen LogP) is 15.0. The summed E-state index contributed by atoms with van der Waals surface area (Å²) in [5.41, 5.74) is 16.9. The monoisotopic (exact) mass is 728 g/mol. The van der Waals surface area contributed by atoms with E-state index in [1.165, 1.54) is 77.1 Å². The van der Waals surface area contributed by atoms with Gasteiger partial charge in [0, 0.05) is 38.7 Å². The molecule has 1 heterocycles. The maximum Gasteiger partial charge on any atom is 0.0547 e. The first-order valence-electron chi connectivity index (χ1n) is 19.9. The second kappa shape index (κ2) is 13.0. The molecule has 0 atom stereocenters. The molecule has 0 aliphatic heterocycles. The summed E-state index contributed by atoms with van der Waals surface area (Å²) in [6, 6.07) is 75.8. The maximum absolute atomic E-state index is 2.50. The number of para-hydroxylation sites is 3. The quantitative estimate of drug-likeness (QED) is 0.165. The van der Waals surface area contributed by atoms with Gasteiger partial charge in [-0.2, -0.15) is 0 Å². The zero-order valence-corrected chi connectivity index (χ0v) is 32.0. The molecule has 0 saturated heterocycles. The lowest BCUT2D eigenvalue weighted by Crippen LogP contribution is -2.17. The lowest BCUT2D eigenvalue weighted by Gasteiger charge is -2.31. The SMILES string of the molecule is CC1(C)c2ccccc2-c2ccc(N(c3cccc(-c4ccccc4)c3)c3ccc4ccccc4c3-c3ccccc3-n3c4ccccc4c4ccccc43)cc21. The molecule has 0 bridgehead atoms. The Balaban J connectivity index is 1.22. The third-order valence-electron chi connectivity index (χ3n) is 12.2. The van der Waals surface area contributed by atoms with Gasteiger partial charge in [0.15, 0.2) is 0 Å². The van der Waals surface area contributed by atoms with Crippen LogP contribution in [0.1, 0.15) is 25.0 Å². The first-order chi connectivity index (χ1) is 28.1. The van der Waals surface area contributed by atoms with E-state index in [1.54, 1.807) is 0 Å². The van der Waals surface area contributed by atoms with Crippen molar-refractivity contribution in [2.45, 2.75) is 19.3 Å². The summed E-state index contributed by atoms with van der Waals surface area (Å²) in [6.07, 6.45) is 0. The lowest BCUT2D eigenvalue weighted by molar-refractivity contribution is 0.660. The smallest absolute Gasteiger partial charge is 0.0547 e. The molecule has 1 aromatic heterocycles. The molecule has 0 amide bonds. The molecule has 2 heteroatoms. The fourth-order valence-electron chi connectivity index (χ4n) is 9.51. The minimum absolute atomic E-state index is 0.144. The van der Waals surface area contributed by atoms with Gasteiger partial charge in [-0.25, -0.2) is 0 Å². The average molecular weight is 729 g/mol. The van der Waals surface area contributed by atoms with E-state index in [0.717, 1.165) is 22.7 Å². The van der Waals surface area contributed by atoms with Gasteiger partial charge in [0.25, 0.3) is 0 Å². The van der Waals surface area contributed by atoms with Crippen LogP contribution in [0.5, 0.6) is 0 Å². The molecule has 0 unspecified atom stereocenters. The van der Waals surface area contributed by atoms with Crippen LogP contribution in [-0.2, 0) is 5.41 Å². The summed E-state index contributed by atoms with van der Waals surface area (Å²) in [6.45, 7) is 4.73. The molecule has 2 nitrogen and oxygen atoms in total. The van der Waals surface area contributed by atoms with Crippen LogP contribution in [0.15, 0.2) is 206 Å². The van der Waals surface area contributed by atoms with E-state index in [-0.39, 0.29) is 5.41 Å². The standard InChI is InChI=1S/C55H40N2/c1-55(2)48-27-12-8-23-43(48)44-33-32-41(36-49(44)55)56(40-21-16-20-39(35-40)37-17-4-3-5-18-37)53-34-31-38-19-6-7-22-42(38)54(53)47-26-11-15-30-52(47)57-50-28-13-9-24-45(50)46-25-10-14-29-51(46)57/h3-36H,1-2H3. The van der Waals surface area contributed by atoms with Crippen molar-refractivity contribution in [2.24, 2.45) is 0 Å². The number of anilines is 3. The Morgan fingerprint density at radius 1 is 0.404 bits per heavy atom. The average Bonchev–Trinajstić information content (AvgIpc) is 3.72. The highest BCUT2D eigenvalue weighted by atomic mass is 15.1. The van der Waals surface area contributed by atoms with Gasteiger partial charge in [0.2, 0.25) is 0 Å². The van der Waals surface area contributed by atoms with Crippen molar-refractivity contribution in [3.8, 4) is 39.1 Å². The van der Waals surface area contributed by atoms with Gasteiger partial charge >= 0.3 is 0 Å².